The third-order valence-electron chi connectivity index (χ3n) is 3.50. The molecule has 108 valence electrons. The summed E-state index contributed by atoms with van der Waals surface area (Å²) in [6.07, 6.45) is 1.53. The minimum atomic E-state index is -0.459. The largest absolute Gasteiger partial charge is 0.389 e. The highest BCUT2D eigenvalue weighted by Crippen LogP contribution is 2.19. The summed E-state index contributed by atoms with van der Waals surface area (Å²) in [4.78, 5) is 1.19. The van der Waals surface area contributed by atoms with Crippen molar-refractivity contribution in [1.29, 1.82) is 0 Å². The van der Waals surface area contributed by atoms with Crippen molar-refractivity contribution in [2.24, 2.45) is 0 Å². The van der Waals surface area contributed by atoms with Gasteiger partial charge in [-0.05, 0) is 31.2 Å². The predicted molar refractivity (Wildman–Crippen MR) is 76.4 cm³/mol. The van der Waals surface area contributed by atoms with Crippen LogP contribution in [0.3, 0.4) is 0 Å². The summed E-state index contributed by atoms with van der Waals surface area (Å²) in [7, 11) is 0. The fourth-order valence-corrected chi connectivity index (χ4v) is 2.75. The zero-order valence-electron chi connectivity index (χ0n) is 11.4. The lowest BCUT2D eigenvalue weighted by atomic mass is 9.92. The van der Waals surface area contributed by atoms with Gasteiger partial charge in [-0.1, -0.05) is 6.07 Å². The molecule has 1 aromatic heterocycles. The van der Waals surface area contributed by atoms with Crippen LogP contribution in [-0.2, 0) is 16.1 Å². The summed E-state index contributed by atoms with van der Waals surface area (Å²) in [5.41, 5.74) is 0.0903. The van der Waals surface area contributed by atoms with Gasteiger partial charge in [0.05, 0.1) is 19.3 Å². The Morgan fingerprint density at radius 2 is 2.32 bits per heavy atom. The minimum absolute atomic E-state index is 0.0903. The van der Waals surface area contributed by atoms with E-state index in [4.69, 9.17) is 9.47 Å². The van der Waals surface area contributed by atoms with Gasteiger partial charge in [0.2, 0.25) is 0 Å². The first-order valence-corrected chi connectivity index (χ1v) is 7.67. The molecule has 0 aromatic carbocycles. The summed E-state index contributed by atoms with van der Waals surface area (Å²) in [5, 5.41) is 15.4. The number of β-amino-alcohol motifs (C(OH)–C–C–N with tert-alkyl or cyclic N) is 1. The van der Waals surface area contributed by atoms with Crippen molar-refractivity contribution in [3.05, 3.63) is 22.4 Å². The molecule has 1 aliphatic heterocycles. The SMILES string of the molecule is CC1(NCC(O)COCc2cccs2)CCOCC1. The standard InChI is InChI=1S/C14H23NO3S/c1-14(4-6-17-7-5-14)15-9-12(16)10-18-11-13-3-2-8-19-13/h2-3,8,12,15-16H,4-7,9-11H2,1H3. The molecule has 2 N–H and O–H groups in total. The molecule has 19 heavy (non-hydrogen) atoms. The van der Waals surface area contributed by atoms with Gasteiger partial charge in [-0.25, -0.2) is 0 Å². The van der Waals surface area contributed by atoms with E-state index in [2.05, 4.69) is 12.2 Å². The first kappa shape index (κ1) is 14.9. The highest BCUT2D eigenvalue weighted by atomic mass is 32.1. The smallest absolute Gasteiger partial charge is 0.0898 e. The maximum atomic E-state index is 9.91. The molecule has 0 saturated carbocycles. The average Bonchev–Trinajstić information content (AvgIpc) is 2.91. The quantitative estimate of drug-likeness (QED) is 0.802. The predicted octanol–water partition coefficient (Wildman–Crippen LogP) is 1.78. The van der Waals surface area contributed by atoms with Gasteiger partial charge in [-0.3, -0.25) is 0 Å². The Bertz CT molecular complexity index is 350. The van der Waals surface area contributed by atoms with Crippen LogP contribution in [0.5, 0.6) is 0 Å². The number of nitrogens with one attached hydrogen (secondary N) is 1. The van der Waals surface area contributed by atoms with E-state index in [0.717, 1.165) is 26.1 Å². The zero-order chi connectivity index (χ0) is 13.6. The van der Waals surface area contributed by atoms with Crippen LogP contribution >= 0.6 is 11.3 Å². The first-order chi connectivity index (χ1) is 9.18. The monoisotopic (exact) mass is 285 g/mol. The Kier molecular flexibility index (Phi) is 5.78. The number of thiophene rings is 1. The molecule has 0 radical (unpaired) electrons. The Balaban J connectivity index is 1.60. The second-order valence-corrected chi connectivity index (χ2v) is 6.33. The summed E-state index contributed by atoms with van der Waals surface area (Å²) in [6, 6.07) is 4.05. The molecule has 0 bridgehead atoms. The van der Waals surface area contributed by atoms with E-state index in [0.29, 0.717) is 19.8 Å². The third-order valence-corrected chi connectivity index (χ3v) is 4.35. The Hall–Kier alpha value is -0.460. The van der Waals surface area contributed by atoms with Crippen LogP contribution in [0.25, 0.3) is 0 Å². The lowest BCUT2D eigenvalue weighted by Crippen LogP contribution is -2.49. The first-order valence-electron chi connectivity index (χ1n) is 6.79. The van der Waals surface area contributed by atoms with Crippen molar-refractivity contribution in [3.8, 4) is 0 Å². The fourth-order valence-electron chi connectivity index (χ4n) is 2.11. The molecule has 0 spiro atoms. The van der Waals surface area contributed by atoms with E-state index in [1.165, 1.54) is 4.88 Å². The molecule has 1 unspecified atom stereocenters. The van der Waals surface area contributed by atoms with Gasteiger partial charge in [0.25, 0.3) is 0 Å². The van der Waals surface area contributed by atoms with Crippen molar-refractivity contribution in [2.75, 3.05) is 26.4 Å². The molecule has 2 rings (SSSR count). The Labute approximate surface area is 118 Å². The van der Waals surface area contributed by atoms with Crippen molar-refractivity contribution in [3.63, 3.8) is 0 Å². The van der Waals surface area contributed by atoms with Crippen molar-refractivity contribution in [1.82, 2.24) is 5.32 Å². The molecule has 1 fully saturated rings. The second-order valence-electron chi connectivity index (χ2n) is 5.30. The highest BCUT2D eigenvalue weighted by molar-refractivity contribution is 7.09. The van der Waals surface area contributed by atoms with Crippen LogP contribution < -0.4 is 5.32 Å². The van der Waals surface area contributed by atoms with Crippen molar-refractivity contribution in [2.45, 2.75) is 38.0 Å². The van der Waals surface area contributed by atoms with E-state index in [-0.39, 0.29) is 5.54 Å². The van der Waals surface area contributed by atoms with Gasteiger partial charge >= 0.3 is 0 Å². The summed E-state index contributed by atoms with van der Waals surface area (Å²) in [5.74, 6) is 0. The molecule has 2 heterocycles. The van der Waals surface area contributed by atoms with Gasteiger partial charge in [-0.2, -0.15) is 0 Å². The number of hydrogen-bond donors (Lipinski definition) is 2. The van der Waals surface area contributed by atoms with Crippen LogP contribution in [0.2, 0.25) is 0 Å². The lowest BCUT2D eigenvalue weighted by Gasteiger charge is -2.35. The lowest BCUT2D eigenvalue weighted by molar-refractivity contribution is 0.0123. The van der Waals surface area contributed by atoms with Gasteiger partial charge in [-0.15, -0.1) is 11.3 Å². The van der Waals surface area contributed by atoms with E-state index in [1.807, 2.05) is 17.5 Å². The second kappa shape index (κ2) is 7.36. The molecule has 0 aliphatic carbocycles. The van der Waals surface area contributed by atoms with Crippen LogP contribution in [0.15, 0.2) is 17.5 Å². The number of rotatable bonds is 7. The van der Waals surface area contributed by atoms with E-state index >= 15 is 0 Å². The fraction of sp³-hybridized carbons (Fsp3) is 0.714. The molecule has 1 saturated heterocycles. The summed E-state index contributed by atoms with van der Waals surface area (Å²) < 4.78 is 10.9. The topological polar surface area (TPSA) is 50.7 Å². The van der Waals surface area contributed by atoms with Crippen molar-refractivity contribution >= 4 is 11.3 Å². The number of aliphatic hydroxyl groups is 1. The molecule has 1 atom stereocenters. The van der Waals surface area contributed by atoms with Crippen LogP contribution in [0.4, 0.5) is 0 Å². The van der Waals surface area contributed by atoms with Gasteiger partial charge in [0.15, 0.2) is 0 Å². The van der Waals surface area contributed by atoms with E-state index < -0.39 is 6.10 Å². The Morgan fingerprint density at radius 1 is 1.53 bits per heavy atom. The Morgan fingerprint density at radius 3 is 3.00 bits per heavy atom. The normalized spacial score (nSPS) is 20.3. The van der Waals surface area contributed by atoms with Crippen LogP contribution in [0, 0.1) is 0 Å². The zero-order valence-corrected chi connectivity index (χ0v) is 12.2. The van der Waals surface area contributed by atoms with Gasteiger partial charge in [0, 0.05) is 30.2 Å². The van der Waals surface area contributed by atoms with E-state index in [9.17, 15) is 5.11 Å². The molecular weight excluding hydrogens is 262 g/mol. The minimum Gasteiger partial charge on any atom is -0.389 e. The molecule has 0 amide bonds. The molecule has 4 nitrogen and oxygen atoms in total. The number of aliphatic hydroxyl groups excluding tert-OH is 1. The molecular formula is C14H23NO3S. The number of hydrogen-bond acceptors (Lipinski definition) is 5. The maximum Gasteiger partial charge on any atom is 0.0898 e. The maximum absolute atomic E-state index is 9.91. The summed E-state index contributed by atoms with van der Waals surface area (Å²) >= 11 is 1.67. The molecule has 5 heteroatoms. The highest BCUT2D eigenvalue weighted by Gasteiger charge is 2.27. The van der Waals surface area contributed by atoms with Crippen LogP contribution in [-0.4, -0.2) is 43.1 Å². The molecule has 1 aromatic rings. The average molecular weight is 285 g/mol. The van der Waals surface area contributed by atoms with Gasteiger partial charge in [0.1, 0.15) is 0 Å². The number of ether oxygens (including phenoxy) is 2. The summed E-state index contributed by atoms with van der Waals surface area (Å²) in [6.45, 7) is 5.32. The van der Waals surface area contributed by atoms with Crippen molar-refractivity contribution < 1.29 is 14.6 Å². The molecule has 1 aliphatic rings. The van der Waals surface area contributed by atoms with E-state index in [1.54, 1.807) is 11.3 Å². The van der Waals surface area contributed by atoms with Gasteiger partial charge < -0.3 is 19.9 Å². The van der Waals surface area contributed by atoms with Crippen LogP contribution in [0.1, 0.15) is 24.6 Å². The third kappa shape index (κ3) is 5.20.